The van der Waals surface area contributed by atoms with Crippen molar-refractivity contribution in [2.75, 3.05) is 26.2 Å². The lowest BCUT2D eigenvalue weighted by Gasteiger charge is -2.17. The number of nitrogens with zero attached hydrogens (tertiary/aromatic N) is 2. The first-order valence-corrected chi connectivity index (χ1v) is 4.82. The first kappa shape index (κ1) is 8.78. The molecule has 0 amide bonds. The lowest BCUT2D eigenvalue weighted by atomic mass is 10.3. The van der Waals surface area contributed by atoms with Crippen molar-refractivity contribution in [3.05, 3.63) is 24.2 Å². The van der Waals surface area contributed by atoms with Crippen molar-refractivity contribution >= 4 is 0 Å². The van der Waals surface area contributed by atoms with Gasteiger partial charge in [-0.25, -0.2) is 5.32 Å². The Morgan fingerprint density at radius 3 is 3.23 bits per heavy atom. The number of hydrogen-bond donors (Lipinski definition) is 0. The minimum Gasteiger partial charge on any atom is -0.472 e. The Bertz CT molecular complexity index is 225. The first-order chi connectivity index (χ1) is 6.45. The molecule has 2 rings (SSSR count). The molecule has 1 aliphatic heterocycles. The maximum Gasteiger partial charge on any atom is 0.0947 e. The molecule has 71 valence electrons. The highest BCUT2D eigenvalue weighted by molar-refractivity contribution is 5.04. The van der Waals surface area contributed by atoms with Gasteiger partial charge in [0.15, 0.2) is 0 Å². The Balaban J connectivity index is 1.86. The summed E-state index contributed by atoms with van der Waals surface area (Å²) in [7, 11) is 0. The molecule has 13 heavy (non-hydrogen) atoms. The van der Waals surface area contributed by atoms with E-state index >= 15 is 0 Å². The zero-order valence-corrected chi connectivity index (χ0v) is 7.78. The van der Waals surface area contributed by atoms with Gasteiger partial charge in [-0.3, -0.25) is 4.90 Å². The SMILES string of the molecule is c1cc(CN2CCC[N]CC2)co1. The normalized spacial score (nSPS) is 20.0. The maximum atomic E-state index is 5.04. The lowest BCUT2D eigenvalue weighted by molar-refractivity contribution is 0.283. The van der Waals surface area contributed by atoms with Crippen LogP contribution in [0.15, 0.2) is 23.0 Å². The summed E-state index contributed by atoms with van der Waals surface area (Å²) in [6, 6.07) is 2.03. The van der Waals surface area contributed by atoms with Gasteiger partial charge in [0.2, 0.25) is 0 Å². The van der Waals surface area contributed by atoms with Gasteiger partial charge < -0.3 is 4.42 Å². The quantitative estimate of drug-likeness (QED) is 0.680. The van der Waals surface area contributed by atoms with Crippen LogP contribution in [-0.2, 0) is 6.54 Å². The summed E-state index contributed by atoms with van der Waals surface area (Å²) in [6.07, 6.45) is 4.75. The molecule has 0 N–H and O–H groups in total. The number of hydrogen-bond acceptors (Lipinski definition) is 2. The summed E-state index contributed by atoms with van der Waals surface area (Å²) < 4.78 is 5.04. The van der Waals surface area contributed by atoms with E-state index in [0.717, 1.165) is 32.7 Å². The Morgan fingerprint density at radius 2 is 2.38 bits per heavy atom. The van der Waals surface area contributed by atoms with Gasteiger partial charge in [0.05, 0.1) is 12.5 Å². The topological polar surface area (TPSA) is 30.5 Å². The second kappa shape index (κ2) is 4.44. The van der Waals surface area contributed by atoms with Crippen molar-refractivity contribution in [2.24, 2.45) is 0 Å². The van der Waals surface area contributed by atoms with E-state index in [1.807, 2.05) is 12.3 Å². The molecule has 1 aromatic heterocycles. The molecule has 0 aromatic carbocycles. The molecule has 3 nitrogen and oxygen atoms in total. The fourth-order valence-corrected chi connectivity index (χ4v) is 1.64. The van der Waals surface area contributed by atoms with E-state index in [1.54, 1.807) is 6.26 Å². The van der Waals surface area contributed by atoms with Gasteiger partial charge in [0.1, 0.15) is 0 Å². The maximum absolute atomic E-state index is 5.04. The lowest BCUT2D eigenvalue weighted by Crippen LogP contribution is -2.26. The molecular formula is C10H15N2O. The average Bonchev–Trinajstić information content (AvgIpc) is 2.49. The molecule has 1 radical (unpaired) electrons. The van der Waals surface area contributed by atoms with Gasteiger partial charge in [-0.05, 0) is 19.0 Å². The highest BCUT2D eigenvalue weighted by Gasteiger charge is 2.09. The van der Waals surface area contributed by atoms with E-state index in [0.29, 0.717) is 0 Å². The van der Waals surface area contributed by atoms with Crippen molar-refractivity contribution < 1.29 is 4.42 Å². The van der Waals surface area contributed by atoms with Crippen LogP contribution in [0.3, 0.4) is 0 Å². The molecule has 0 bridgehead atoms. The van der Waals surface area contributed by atoms with Crippen molar-refractivity contribution in [1.82, 2.24) is 10.2 Å². The molecule has 0 atom stereocenters. The minimum absolute atomic E-state index is 0.984. The summed E-state index contributed by atoms with van der Waals surface area (Å²) >= 11 is 0. The van der Waals surface area contributed by atoms with Gasteiger partial charge in [0.25, 0.3) is 0 Å². The third-order valence-corrected chi connectivity index (χ3v) is 2.35. The molecule has 0 spiro atoms. The van der Waals surface area contributed by atoms with E-state index in [9.17, 15) is 0 Å². The van der Waals surface area contributed by atoms with Crippen LogP contribution < -0.4 is 5.32 Å². The predicted octanol–water partition coefficient (Wildman–Crippen LogP) is 1.09. The van der Waals surface area contributed by atoms with Crippen LogP contribution in [0, 0.1) is 0 Å². The molecule has 1 saturated heterocycles. The van der Waals surface area contributed by atoms with Gasteiger partial charge in [-0.2, -0.15) is 0 Å². The van der Waals surface area contributed by atoms with Crippen molar-refractivity contribution in [1.29, 1.82) is 0 Å². The van der Waals surface area contributed by atoms with Crippen LogP contribution in [0.25, 0.3) is 0 Å². The number of rotatable bonds is 2. The smallest absolute Gasteiger partial charge is 0.0947 e. The summed E-state index contributed by atoms with van der Waals surface area (Å²) in [6.45, 7) is 5.27. The predicted molar refractivity (Wildman–Crippen MR) is 50.5 cm³/mol. The average molecular weight is 179 g/mol. The van der Waals surface area contributed by atoms with Gasteiger partial charge >= 0.3 is 0 Å². The molecule has 1 aromatic rings. The monoisotopic (exact) mass is 179 g/mol. The van der Waals surface area contributed by atoms with E-state index in [1.165, 1.54) is 12.0 Å². The Hall–Kier alpha value is -0.800. The van der Waals surface area contributed by atoms with Crippen LogP contribution >= 0.6 is 0 Å². The molecule has 0 unspecified atom stereocenters. The molecule has 2 heterocycles. The van der Waals surface area contributed by atoms with Gasteiger partial charge in [0, 0.05) is 31.7 Å². The summed E-state index contributed by atoms with van der Waals surface area (Å²) in [5, 5.41) is 4.39. The standard InChI is InChI=1S/C10H15N2O/c1-3-11-4-6-12(5-1)8-10-2-7-13-9-10/h2,7,9H,1,3-6,8H2. The molecule has 1 aliphatic rings. The van der Waals surface area contributed by atoms with Crippen LogP contribution in [0.1, 0.15) is 12.0 Å². The molecule has 0 aliphatic carbocycles. The fourth-order valence-electron chi connectivity index (χ4n) is 1.64. The van der Waals surface area contributed by atoms with Crippen molar-refractivity contribution in [3.8, 4) is 0 Å². The highest BCUT2D eigenvalue weighted by Crippen LogP contribution is 2.06. The van der Waals surface area contributed by atoms with E-state index in [4.69, 9.17) is 4.42 Å². The summed E-state index contributed by atoms with van der Waals surface area (Å²) in [4.78, 5) is 2.43. The second-order valence-corrected chi connectivity index (χ2v) is 3.43. The Kier molecular flexibility index (Phi) is 3.00. The van der Waals surface area contributed by atoms with Gasteiger partial charge in [-0.1, -0.05) is 0 Å². The Labute approximate surface area is 78.7 Å². The third-order valence-electron chi connectivity index (χ3n) is 2.35. The van der Waals surface area contributed by atoms with Crippen LogP contribution in [0.2, 0.25) is 0 Å². The zero-order valence-electron chi connectivity index (χ0n) is 7.78. The van der Waals surface area contributed by atoms with E-state index in [-0.39, 0.29) is 0 Å². The van der Waals surface area contributed by atoms with E-state index in [2.05, 4.69) is 10.2 Å². The second-order valence-electron chi connectivity index (χ2n) is 3.43. The van der Waals surface area contributed by atoms with Crippen molar-refractivity contribution in [3.63, 3.8) is 0 Å². The molecule has 0 saturated carbocycles. The first-order valence-electron chi connectivity index (χ1n) is 4.82. The van der Waals surface area contributed by atoms with Gasteiger partial charge in [-0.15, -0.1) is 0 Å². The number of furan rings is 1. The molecule has 3 heteroatoms. The summed E-state index contributed by atoms with van der Waals surface area (Å²) in [5.74, 6) is 0. The third kappa shape index (κ3) is 2.57. The van der Waals surface area contributed by atoms with Crippen LogP contribution in [0.4, 0.5) is 0 Å². The Morgan fingerprint density at radius 1 is 1.38 bits per heavy atom. The highest BCUT2D eigenvalue weighted by atomic mass is 16.3. The van der Waals surface area contributed by atoms with Crippen molar-refractivity contribution in [2.45, 2.75) is 13.0 Å². The van der Waals surface area contributed by atoms with Crippen LogP contribution in [0.5, 0.6) is 0 Å². The minimum atomic E-state index is 0.984. The fraction of sp³-hybridized carbons (Fsp3) is 0.600. The molecule has 1 fully saturated rings. The molecular weight excluding hydrogens is 164 g/mol. The largest absolute Gasteiger partial charge is 0.472 e. The van der Waals surface area contributed by atoms with E-state index < -0.39 is 0 Å². The summed E-state index contributed by atoms with van der Waals surface area (Å²) in [5.41, 5.74) is 1.27. The van der Waals surface area contributed by atoms with Crippen LogP contribution in [-0.4, -0.2) is 31.1 Å². The zero-order chi connectivity index (χ0) is 8.93.